The van der Waals surface area contributed by atoms with E-state index in [1.165, 1.54) is 59.2 Å². The number of rotatable bonds is 10. The molecule has 2 heteroatoms. The van der Waals surface area contributed by atoms with Gasteiger partial charge in [-0.1, -0.05) is 106 Å². The highest BCUT2D eigenvalue weighted by molar-refractivity contribution is 5.86. The van der Waals surface area contributed by atoms with E-state index in [2.05, 4.69) is 117 Å². The number of ketones is 1. The van der Waals surface area contributed by atoms with Gasteiger partial charge in [-0.25, -0.2) is 0 Å². The third-order valence-electron chi connectivity index (χ3n) is 12.4. The van der Waals surface area contributed by atoms with Crippen LogP contribution in [0.2, 0.25) is 0 Å². The minimum absolute atomic E-state index is 0.0311. The van der Waals surface area contributed by atoms with E-state index in [-0.39, 0.29) is 5.92 Å². The molecule has 3 unspecified atom stereocenters. The number of aryl methyl sites for hydroxylation is 1. The van der Waals surface area contributed by atoms with Gasteiger partial charge in [0.2, 0.25) is 0 Å². The van der Waals surface area contributed by atoms with Crippen molar-refractivity contribution in [2.75, 3.05) is 18.0 Å². The molecule has 3 aliphatic carbocycles. The van der Waals surface area contributed by atoms with Crippen molar-refractivity contribution >= 4 is 17.0 Å². The van der Waals surface area contributed by atoms with Gasteiger partial charge in [-0.2, -0.15) is 0 Å². The Kier molecular flexibility index (Phi) is 8.78. The molecule has 3 atom stereocenters. The molecule has 4 aliphatic rings. The van der Waals surface area contributed by atoms with Gasteiger partial charge < -0.3 is 4.90 Å². The van der Waals surface area contributed by atoms with Crippen LogP contribution in [-0.4, -0.2) is 18.9 Å². The van der Waals surface area contributed by atoms with Crippen LogP contribution in [0.25, 0.3) is 5.57 Å². The number of benzene rings is 3. The molecule has 0 amide bonds. The number of Topliss-reactive ketones (excluding diaryl/α,β-unsaturated/α-hetero) is 1. The first-order chi connectivity index (χ1) is 22.7. The Hall–Kier alpha value is -3.83. The van der Waals surface area contributed by atoms with E-state index in [1.54, 1.807) is 0 Å². The lowest BCUT2D eigenvalue weighted by molar-refractivity contribution is -0.122. The molecule has 0 bridgehead atoms. The summed E-state index contributed by atoms with van der Waals surface area (Å²) in [5, 5.41) is 0. The van der Waals surface area contributed by atoms with Crippen LogP contribution in [0.5, 0.6) is 0 Å². The molecule has 3 aromatic carbocycles. The number of carbonyl (C=O) groups excluding carboxylic acids is 1. The predicted octanol–water partition coefficient (Wildman–Crippen LogP) is 10.2. The van der Waals surface area contributed by atoms with E-state index in [0.717, 1.165) is 44.3 Å². The summed E-state index contributed by atoms with van der Waals surface area (Å²) in [4.78, 5) is 16.6. The van der Waals surface area contributed by atoms with Gasteiger partial charge in [0.15, 0.2) is 0 Å². The molecule has 3 aromatic rings. The SMILES string of the molecule is C#Cc1ccc(CC2CCC(C(C(=O)CCc3ccccc3)c3ccc(C4=CC(C)C=C4)cc3)CC2)cc1N1CCC2(C1)CC2(C)C. The van der Waals surface area contributed by atoms with Crippen LogP contribution < -0.4 is 4.90 Å². The van der Waals surface area contributed by atoms with Crippen LogP contribution in [0, 0.1) is 40.9 Å². The number of hydrogen-bond acceptors (Lipinski definition) is 2. The number of terminal acetylenes is 1. The zero-order valence-corrected chi connectivity index (χ0v) is 28.7. The minimum atomic E-state index is -0.0311. The highest BCUT2D eigenvalue weighted by Crippen LogP contribution is 2.68. The Morgan fingerprint density at radius 1 is 0.979 bits per heavy atom. The van der Waals surface area contributed by atoms with Crippen molar-refractivity contribution in [3.8, 4) is 12.3 Å². The van der Waals surface area contributed by atoms with E-state index >= 15 is 0 Å². The minimum Gasteiger partial charge on any atom is -0.370 e. The normalized spacial score (nSPS) is 26.6. The molecule has 7 rings (SSSR count). The van der Waals surface area contributed by atoms with Crippen molar-refractivity contribution in [3.05, 3.63) is 119 Å². The molecule has 3 fully saturated rings. The number of hydrogen-bond donors (Lipinski definition) is 0. The summed E-state index contributed by atoms with van der Waals surface area (Å²) < 4.78 is 0. The largest absolute Gasteiger partial charge is 0.370 e. The van der Waals surface area contributed by atoms with E-state index in [1.807, 2.05) is 6.07 Å². The Morgan fingerprint density at radius 3 is 2.36 bits per heavy atom. The quantitative estimate of drug-likeness (QED) is 0.210. The molecule has 1 heterocycles. The van der Waals surface area contributed by atoms with Crippen molar-refractivity contribution in [2.45, 2.75) is 84.5 Å². The standard InChI is InChI=1S/C45H51NO/c1-5-36-17-14-35(29-41(36)46-26-25-45(31-46)30-44(45,3)4)28-34-12-18-38(19-13-34)43(42(47)24-15-33-9-7-6-8-10-33)39-22-20-37(21-23-39)40-16-11-32(2)27-40/h1,6-11,14,16-17,20-23,27,29,32,34,38,43H,12-13,15,18-19,24-26,28,30-31H2,2-4H3. The molecule has 0 radical (unpaired) electrons. The summed E-state index contributed by atoms with van der Waals surface area (Å²) in [5.74, 6) is 4.87. The number of anilines is 1. The van der Waals surface area contributed by atoms with Crippen LogP contribution >= 0.6 is 0 Å². The molecule has 0 N–H and O–H groups in total. The van der Waals surface area contributed by atoms with Crippen LogP contribution in [0.15, 0.2) is 91.0 Å². The molecular formula is C45H51NO. The van der Waals surface area contributed by atoms with E-state index < -0.39 is 0 Å². The van der Waals surface area contributed by atoms with Gasteiger partial charge in [-0.3, -0.25) is 4.79 Å². The van der Waals surface area contributed by atoms with Crippen molar-refractivity contribution in [1.82, 2.24) is 0 Å². The molecule has 1 spiro atoms. The first kappa shape index (κ1) is 31.8. The molecule has 0 aromatic heterocycles. The van der Waals surface area contributed by atoms with E-state index in [9.17, 15) is 4.79 Å². The average molecular weight is 622 g/mol. The van der Waals surface area contributed by atoms with Gasteiger partial charge in [0.1, 0.15) is 5.78 Å². The smallest absolute Gasteiger partial charge is 0.140 e. The summed E-state index contributed by atoms with van der Waals surface area (Å²) in [6.45, 7) is 9.32. The van der Waals surface area contributed by atoms with Crippen LogP contribution in [-0.2, 0) is 17.6 Å². The van der Waals surface area contributed by atoms with Crippen LogP contribution in [0.3, 0.4) is 0 Å². The number of carbonyl (C=O) groups is 1. The van der Waals surface area contributed by atoms with Crippen molar-refractivity contribution in [2.24, 2.45) is 28.6 Å². The van der Waals surface area contributed by atoms with Gasteiger partial charge >= 0.3 is 0 Å². The van der Waals surface area contributed by atoms with Crippen molar-refractivity contribution in [3.63, 3.8) is 0 Å². The average Bonchev–Trinajstić information content (AvgIpc) is 3.42. The number of allylic oxidation sites excluding steroid dienone is 4. The van der Waals surface area contributed by atoms with Gasteiger partial charge in [0.05, 0.1) is 5.69 Å². The van der Waals surface area contributed by atoms with E-state index in [0.29, 0.717) is 40.8 Å². The fraction of sp³-hybridized carbons (Fsp3) is 0.444. The van der Waals surface area contributed by atoms with Crippen LogP contribution in [0.4, 0.5) is 5.69 Å². The predicted molar refractivity (Wildman–Crippen MR) is 196 cm³/mol. The first-order valence-corrected chi connectivity index (χ1v) is 18.2. The van der Waals surface area contributed by atoms with E-state index in [4.69, 9.17) is 6.42 Å². The summed E-state index contributed by atoms with van der Waals surface area (Å²) in [7, 11) is 0. The fourth-order valence-electron chi connectivity index (χ4n) is 9.24. The Balaban J connectivity index is 1.03. The lowest BCUT2D eigenvalue weighted by Crippen LogP contribution is -2.27. The highest BCUT2D eigenvalue weighted by atomic mass is 16.1. The summed E-state index contributed by atoms with van der Waals surface area (Å²) >= 11 is 0. The topological polar surface area (TPSA) is 20.3 Å². The van der Waals surface area contributed by atoms with Crippen molar-refractivity contribution in [1.29, 1.82) is 0 Å². The van der Waals surface area contributed by atoms with Crippen LogP contribution in [0.1, 0.15) is 99.5 Å². The molecule has 242 valence electrons. The second kappa shape index (κ2) is 13.0. The molecule has 2 nitrogen and oxygen atoms in total. The number of nitrogens with zero attached hydrogens (tertiary/aromatic N) is 1. The summed E-state index contributed by atoms with van der Waals surface area (Å²) in [6, 6.07) is 26.3. The molecule has 47 heavy (non-hydrogen) atoms. The fourth-order valence-corrected chi connectivity index (χ4v) is 9.24. The zero-order valence-electron chi connectivity index (χ0n) is 28.7. The summed E-state index contributed by atoms with van der Waals surface area (Å²) in [5.41, 5.74) is 9.62. The highest BCUT2D eigenvalue weighted by Gasteiger charge is 2.63. The second-order valence-corrected chi connectivity index (χ2v) is 15.9. The third-order valence-corrected chi connectivity index (χ3v) is 12.4. The Bertz CT molecular complexity index is 1690. The second-order valence-electron chi connectivity index (χ2n) is 15.9. The lowest BCUT2D eigenvalue weighted by Gasteiger charge is -2.34. The van der Waals surface area contributed by atoms with Gasteiger partial charge in [-0.05, 0) is 120 Å². The van der Waals surface area contributed by atoms with Gasteiger partial charge in [0.25, 0.3) is 0 Å². The molecule has 2 saturated carbocycles. The monoisotopic (exact) mass is 621 g/mol. The maximum Gasteiger partial charge on any atom is 0.140 e. The molecular weight excluding hydrogens is 571 g/mol. The maximum atomic E-state index is 14.0. The molecule has 1 aliphatic heterocycles. The summed E-state index contributed by atoms with van der Waals surface area (Å²) in [6.07, 6.45) is 22.5. The van der Waals surface area contributed by atoms with Crippen molar-refractivity contribution < 1.29 is 4.79 Å². The van der Waals surface area contributed by atoms with Gasteiger partial charge in [0, 0.05) is 31.0 Å². The Morgan fingerprint density at radius 2 is 1.72 bits per heavy atom. The lowest BCUT2D eigenvalue weighted by atomic mass is 9.70. The molecule has 1 saturated heterocycles. The maximum absolute atomic E-state index is 14.0. The Labute approximate surface area is 283 Å². The third kappa shape index (κ3) is 6.65. The van der Waals surface area contributed by atoms with Gasteiger partial charge in [-0.15, -0.1) is 6.42 Å². The zero-order chi connectivity index (χ0) is 32.6. The first-order valence-electron chi connectivity index (χ1n) is 18.2.